The standard InChI is InChI=1S/C35H38N2O6S/c38-25-26-12-14-28(15-13-26)34-22-32(24-37-16-18-41-19-17-37)42-35(43-34)31-9-5-8-30(21-31)29-7-4-6-27(20-29)23-36-44(39,40)33-10-2-1-3-11-33/h1-15,20-21,32,34-36,38H,16-19,22-25H2/t32-,34+,35+/m1/s1. The van der Waals surface area contributed by atoms with Gasteiger partial charge in [0.1, 0.15) is 0 Å². The van der Waals surface area contributed by atoms with Gasteiger partial charge in [-0.3, -0.25) is 4.90 Å². The first-order valence-electron chi connectivity index (χ1n) is 15.0. The molecule has 0 spiro atoms. The SMILES string of the molecule is O=S(=O)(NCc1cccc(-c2cccc([C@H]3O[C@@H](CN4CCOCC4)C[C@@H](c4ccc(CO)cc4)O3)c2)c1)c1ccccc1. The first-order valence-corrected chi connectivity index (χ1v) is 16.5. The molecule has 2 fully saturated rings. The third kappa shape index (κ3) is 7.62. The molecule has 2 aliphatic rings. The molecule has 2 aliphatic heterocycles. The number of ether oxygens (including phenoxy) is 3. The van der Waals surface area contributed by atoms with Crippen LogP contribution in [0.25, 0.3) is 11.1 Å². The lowest BCUT2D eigenvalue weighted by atomic mass is 9.98. The third-order valence-electron chi connectivity index (χ3n) is 8.12. The maximum absolute atomic E-state index is 12.7. The number of aliphatic hydroxyl groups excluding tert-OH is 1. The van der Waals surface area contributed by atoms with Crippen LogP contribution in [-0.2, 0) is 37.4 Å². The number of hydrogen-bond donors (Lipinski definition) is 2. The van der Waals surface area contributed by atoms with Gasteiger partial charge in [0.2, 0.25) is 10.0 Å². The molecule has 0 aliphatic carbocycles. The fraction of sp³-hybridized carbons (Fsp3) is 0.314. The van der Waals surface area contributed by atoms with Crippen molar-refractivity contribution in [2.75, 3.05) is 32.8 Å². The molecule has 2 saturated heterocycles. The topological polar surface area (TPSA) is 97.3 Å². The van der Waals surface area contributed by atoms with Crippen molar-refractivity contribution in [2.24, 2.45) is 0 Å². The first-order chi connectivity index (χ1) is 21.5. The first kappa shape index (κ1) is 30.6. The van der Waals surface area contributed by atoms with Gasteiger partial charge in [-0.1, -0.05) is 78.9 Å². The summed E-state index contributed by atoms with van der Waals surface area (Å²) in [6.45, 7) is 4.21. The molecule has 3 atom stereocenters. The van der Waals surface area contributed by atoms with E-state index in [1.54, 1.807) is 30.3 Å². The summed E-state index contributed by atoms with van der Waals surface area (Å²) in [5.41, 5.74) is 5.66. The van der Waals surface area contributed by atoms with E-state index in [-0.39, 0.29) is 30.3 Å². The van der Waals surface area contributed by atoms with Gasteiger partial charge in [0.15, 0.2) is 6.29 Å². The molecule has 2 N–H and O–H groups in total. The van der Waals surface area contributed by atoms with Gasteiger partial charge >= 0.3 is 0 Å². The van der Waals surface area contributed by atoms with Crippen molar-refractivity contribution in [2.45, 2.75) is 43.0 Å². The van der Waals surface area contributed by atoms with Gasteiger partial charge in [0.05, 0.1) is 36.9 Å². The zero-order valence-corrected chi connectivity index (χ0v) is 25.4. The summed E-state index contributed by atoms with van der Waals surface area (Å²) in [6.07, 6.45) is -0.0123. The molecule has 0 aromatic heterocycles. The highest BCUT2D eigenvalue weighted by Crippen LogP contribution is 2.39. The molecule has 0 saturated carbocycles. The lowest BCUT2D eigenvalue weighted by Crippen LogP contribution is -2.44. The van der Waals surface area contributed by atoms with Crippen molar-refractivity contribution in [1.82, 2.24) is 9.62 Å². The summed E-state index contributed by atoms with van der Waals surface area (Å²) in [6, 6.07) is 32.3. The number of nitrogens with one attached hydrogen (secondary N) is 1. The van der Waals surface area contributed by atoms with Crippen LogP contribution in [0.4, 0.5) is 0 Å². The smallest absolute Gasteiger partial charge is 0.240 e. The Morgan fingerprint density at radius 2 is 1.50 bits per heavy atom. The summed E-state index contributed by atoms with van der Waals surface area (Å²) in [7, 11) is -3.61. The van der Waals surface area contributed by atoms with Crippen LogP contribution in [0.2, 0.25) is 0 Å². The van der Waals surface area contributed by atoms with E-state index in [4.69, 9.17) is 14.2 Å². The van der Waals surface area contributed by atoms with E-state index in [1.165, 1.54) is 0 Å². The number of nitrogens with zero attached hydrogens (tertiary/aromatic N) is 1. The number of sulfonamides is 1. The molecule has 6 rings (SSSR count). The van der Waals surface area contributed by atoms with Gasteiger partial charge in [-0.05, 0) is 52.1 Å². The molecule has 4 aromatic carbocycles. The average molecular weight is 615 g/mol. The Morgan fingerprint density at radius 1 is 0.773 bits per heavy atom. The van der Waals surface area contributed by atoms with Gasteiger partial charge in [-0.2, -0.15) is 0 Å². The Labute approximate surface area is 259 Å². The largest absolute Gasteiger partial charge is 0.392 e. The van der Waals surface area contributed by atoms with Crippen molar-refractivity contribution < 1.29 is 27.7 Å². The van der Waals surface area contributed by atoms with Crippen LogP contribution in [0.3, 0.4) is 0 Å². The minimum atomic E-state index is -3.61. The quantitative estimate of drug-likeness (QED) is 0.253. The van der Waals surface area contributed by atoms with Gasteiger partial charge < -0.3 is 19.3 Å². The van der Waals surface area contributed by atoms with Crippen LogP contribution < -0.4 is 4.72 Å². The molecule has 4 aromatic rings. The Bertz CT molecular complexity index is 1620. The van der Waals surface area contributed by atoms with Crippen molar-refractivity contribution in [3.05, 3.63) is 125 Å². The number of hydrogen-bond acceptors (Lipinski definition) is 7. The normalized spacial score (nSPS) is 21.2. The fourth-order valence-electron chi connectivity index (χ4n) is 5.69. The van der Waals surface area contributed by atoms with Crippen LogP contribution in [0, 0.1) is 0 Å². The Kier molecular flexibility index (Phi) is 9.83. The van der Waals surface area contributed by atoms with Gasteiger partial charge in [-0.25, -0.2) is 13.1 Å². The molecule has 0 radical (unpaired) electrons. The number of rotatable bonds is 10. The zero-order chi connectivity index (χ0) is 30.4. The number of aliphatic hydroxyl groups is 1. The minimum absolute atomic E-state index is 0.00406. The summed E-state index contributed by atoms with van der Waals surface area (Å²) in [4.78, 5) is 2.63. The number of morpholine rings is 1. The molecule has 44 heavy (non-hydrogen) atoms. The molecule has 8 nitrogen and oxygen atoms in total. The van der Waals surface area contributed by atoms with Crippen LogP contribution in [0.15, 0.2) is 108 Å². The molecular weight excluding hydrogens is 576 g/mol. The van der Waals surface area contributed by atoms with Crippen molar-refractivity contribution in [1.29, 1.82) is 0 Å². The predicted molar refractivity (Wildman–Crippen MR) is 168 cm³/mol. The lowest BCUT2D eigenvalue weighted by Gasteiger charge is -2.39. The monoisotopic (exact) mass is 614 g/mol. The third-order valence-corrected chi connectivity index (χ3v) is 9.54. The van der Waals surface area contributed by atoms with Gasteiger partial charge in [0.25, 0.3) is 0 Å². The van der Waals surface area contributed by atoms with E-state index in [2.05, 4.69) is 15.7 Å². The van der Waals surface area contributed by atoms with E-state index in [1.807, 2.05) is 66.7 Å². The molecule has 9 heteroatoms. The van der Waals surface area contributed by atoms with E-state index < -0.39 is 16.3 Å². The Balaban J connectivity index is 1.21. The average Bonchev–Trinajstić information content (AvgIpc) is 3.08. The molecule has 230 valence electrons. The molecule has 0 bridgehead atoms. The summed E-state index contributed by atoms with van der Waals surface area (Å²) >= 11 is 0. The maximum Gasteiger partial charge on any atom is 0.240 e. The Morgan fingerprint density at radius 3 is 2.25 bits per heavy atom. The number of benzene rings is 4. The molecular formula is C35H38N2O6S. The highest BCUT2D eigenvalue weighted by atomic mass is 32.2. The predicted octanol–water partition coefficient (Wildman–Crippen LogP) is 5.20. The zero-order valence-electron chi connectivity index (χ0n) is 24.5. The minimum Gasteiger partial charge on any atom is -0.392 e. The van der Waals surface area contributed by atoms with Gasteiger partial charge in [0, 0.05) is 38.2 Å². The summed E-state index contributed by atoms with van der Waals surface area (Å²) in [5.74, 6) is 0. The fourth-order valence-corrected chi connectivity index (χ4v) is 6.73. The van der Waals surface area contributed by atoms with E-state index in [0.29, 0.717) is 0 Å². The second-order valence-corrected chi connectivity index (χ2v) is 13.0. The lowest BCUT2D eigenvalue weighted by molar-refractivity contribution is -0.253. The summed E-state index contributed by atoms with van der Waals surface area (Å²) < 4.78 is 46.9. The van der Waals surface area contributed by atoms with Crippen molar-refractivity contribution in [3.8, 4) is 11.1 Å². The Hall–Kier alpha value is -3.41. The van der Waals surface area contributed by atoms with Crippen LogP contribution >= 0.6 is 0 Å². The highest BCUT2D eigenvalue weighted by molar-refractivity contribution is 7.89. The van der Waals surface area contributed by atoms with Crippen LogP contribution in [-0.4, -0.2) is 57.4 Å². The van der Waals surface area contributed by atoms with E-state index in [0.717, 1.165) is 72.6 Å². The van der Waals surface area contributed by atoms with E-state index >= 15 is 0 Å². The maximum atomic E-state index is 12.7. The second kappa shape index (κ2) is 14.1. The highest BCUT2D eigenvalue weighted by Gasteiger charge is 2.33. The molecule has 2 heterocycles. The van der Waals surface area contributed by atoms with E-state index in [9.17, 15) is 13.5 Å². The van der Waals surface area contributed by atoms with Crippen LogP contribution in [0.5, 0.6) is 0 Å². The van der Waals surface area contributed by atoms with Crippen molar-refractivity contribution >= 4 is 10.0 Å². The van der Waals surface area contributed by atoms with Crippen LogP contribution in [0.1, 0.15) is 41.1 Å². The summed E-state index contributed by atoms with van der Waals surface area (Å²) in [5, 5.41) is 9.51. The second-order valence-electron chi connectivity index (χ2n) is 11.2. The van der Waals surface area contributed by atoms with Gasteiger partial charge in [-0.15, -0.1) is 0 Å². The molecule has 0 amide bonds. The molecule has 0 unspecified atom stereocenters. The van der Waals surface area contributed by atoms with Crippen molar-refractivity contribution in [3.63, 3.8) is 0 Å².